The summed E-state index contributed by atoms with van der Waals surface area (Å²) < 4.78 is 0. The van der Waals surface area contributed by atoms with Crippen molar-refractivity contribution in [3.05, 3.63) is 29.4 Å². The highest BCUT2D eigenvalue weighted by molar-refractivity contribution is 7.13. The number of nitrogens with two attached hydrogens (primary N) is 1. The molecule has 0 radical (unpaired) electrons. The molecule has 0 aliphatic carbocycles. The lowest BCUT2D eigenvalue weighted by atomic mass is 10.0. The lowest BCUT2D eigenvalue weighted by molar-refractivity contribution is -0.117. The number of amides is 1. The van der Waals surface area contributed by atoms with Gasteiger partial charge in [0.2, 0.25) is 5.91 Å². The summed E-state index contributed by atoms with van der Waals surface area (Å²) in [5.74, 6) is 0.740. The molecule has 1 unspecified atom stereocenters. The molecule has 3 N–H and O–H groups in total. The maximum Gasteiger partial charge on any atom is 0.242 e. The lowest BCUT2D eigenvalue weighted by Gasteiger charge is -2.12. The Balaban J connectivity index is 0.00000139. The number of nitrogens with zero attached hydrogens (tertiary/aromatic N) is 2. The maximum atomic E-state index is 12.0. The van der Waals surface area contributed by atoms with Crippen molar-refractivity contribution in [3.8, 4) is 10.6 Å². The number of anilines is 1. The van der Waals surface area contributed by atoms with E-state index in [1.807, 2.05) is 51.4 Å². The Morgan fingerprint density at radius 2 is 2.04 bits per heavy atom. The predicted molar refractivity (Wildman–Crippen MR) is 102 cm³/mol. The van der Waals surface area contributed by atoms with Crippen LogP contribution in [0.25, 0.3) is 10.6 Å². The molecule has 24 heavy (non-hydrogen) atoms. The first-order chi connectivity index (χ1) is 11.5. The van der Waals surface area contributed by atoms with Crippen molar-refractivity contribution in [1.29, 1.82) is 0 Å². The van der Waals surface area contributed by atoms with Crippen LogP contribution >= 0.6 is 11.3 Å². The summed E-state index contributed by atoms with van der Waals surface area (Å²) in [5, 5.41) is 5.43. The van der Waals surface area contributed by atoms with Crippen molar-refractivity contribution in [2.24, 2.45) is 11.7 Å². The SMILES string of the molecule is CC.CCc1ccc(-c2nc(NC(=O)C(N)CC(C)C)cs2)cn1. The van der Waals surface area contributed by atoms with E-state index in [9.17, 15) is 4.79 Å². The number of hydrogen-bond donors (Lipinski definition) is 2. The topological polar surface area (TPSA) is 80.9 Å². The molecule has 5 nitrogen and oxygen atoms in total. The zero-order chi connectivity index (χ0) is 18.1. The quantitative estimate of drug-likeness (QED) is 0.823. The number of carbonyl (C=O) groups is 1. The van der Waals surface area contributed by atoms with Crippen LogP contribution in [0.1, 0.15) is 46.7 Å². The van der Waals surface area contributed by atoms with Gasteiger partial charge in [-0.15, -0.1) is 11.3 Å². The molecule has 2 aromatic heterocycles. The Morgan fingerprint density at radius 1 is 1.33 bits per heavy atom. The van der Waals surface area contributed by atoms with Crippen LogP contribution < -0.4 is 11.1 Å². The van der Waals surface area contributed by atoms with E-state index in [0.717, 1.165) is 22.7 Å². The first-order valence-corrected chi connectivity index (χ1v) is 9.34. The summed E-state index contributed by atoms with van der Waals surface area (Å²) in [6.45, 7) is 10.2. The highest BCUT2D eigenvalue weighted by Gasteiger charge is 2.16. The minimum absolute atomic E-state index is 0.190. The van der Waals surface area contributed by atoms with Crippen LogP contribution in [0.4, 0.5) is 5.82 Å². The van der Waals surface area contributed by atoms with E-state index in [-0.39, 0.29) is 5.91 Å². The van der Waals surface area contributed by atoms with E-state index in [0.29, 0.717) is 18.2 Å². The Kier molecular flexibility index (Phi) is 8.57. The normalized spacial score (nSPS) is 11.6. The number of rotatable bonds is 6. The van der Waals surface area contributed by atoms with Crippen LogP contribution in [-0.4, -0.2) is 21.9 Å². The van der Waals surface area contributed by atoms with Crippen molar-refractivity contribution in [3.63, 3.8) is 0 Å². The summed E-state index contributed by atoms with van der Waals surface area (Å²) in [5.41, 5.74) is 7.87. The number of pyridine rings is 1. The van der Waals surface area contributed by atoms with Crippen LogP contribution in [0, 0.1) is 5.92 Å². The average molecular weight is 349 g/mol. The third-order valence-electron chi connectivity index (χ3n) is 3.25. The van der Waals surface area contributed by atoms with Gasteiger partial charge in [0.15, 0.2) is 0 Å². The average Bonchev–Trinajstić information content (AvgIpc) is 3.04. The minimum Gasteiger partial charge on any atom is -0.320 e. The van der Waals surface area contributed by atoms with Gasteiger partial charge in [0.25, 0.3) is 0 Å². The number of carbonyl (C=O) groups excluding carboxylic acids is 1. The molecule has 1 atom stereocenters. The second kappa shape index (κ2) is 10.2. The van der Waals surface area contributed by atoms with E-state index in [1.54, 1.807) is 0 Å². The van der Waals surface area contributed by atoms with Crippen LogP contribution in [0.15, 0.2) is 23.7 Å². The van der Waals surface area contributed by atoms with Crippen LogP contribution in [0.5, 0.6) is 0 Å². The van der Waals surface area contributed by atoms with Gasteiger partial charge in [-0.1, -0.05) is 34.6 Å². The number of aromatic nitrogens is 2. The van der Waals surface area contributed by atoms with E-state index < -0.39 is 6.04 Å². The highest BCUT2D eigenvalue weighted by atomic mass is 32.1. The Hall–Kier alpha value is -1.79. The van der Waals surface area contributed by atoms with Gasteiger partial charge in [-0.25, -0.2) is 4.98 Å². The molecular formula is C18H28N4OS. The van der Waals surface area contributed by atoms with Crippen molar-refractivity contribution < 1.29 is 4.79 Å². The lowest BCUT2D eigenvalue weighted by Crippen LogP contribution is -2.36. The Bertz CT molecular complexity index is 622. The third kappa shape index (κ3) is 6.02. The molecule has 132 valence electrons. The number of nitrogens with one attached hydrogen (secondary N) is 1. The first-order valence-electron chi connectivity index (χ1n) is 8.46. The second-order valence-electron chi connectivity index (χ2n) is 5.65. The Morgan fingerprint density at radius 3 is 2.58 bits per heavy atom. The molecule has 0 spiro atoms. The number of aryl methyl sites for hydroxylation is 1. The molecule has 0 saturated heterocycles. The molecule has 2 heterocycles. The van der Waals surface area contributed by atoms with Gasteiger partial charge in [-0.2, -0.15) is 0 Å². The van der Waals surface area contributed by atoms with Gasteiger partial charge < -0.3 is 11.1 Å². The molecule has 0 saturated carbocycles. The maximum absolute atomic E-state index is 12.0. The molecule has 2 aromatic rings. The summed E-state index contributed by atoms with van der Waals surface area (Å²) in [6.07, 6.45) is 3.38. The fourth-order valence-electron chi connectivity index (χ4n) is 2.06. The fourth-order valence-corrected chi connectivity index (χ4v) is 2.80. The van der Waals surface area contributed by atoms with E-state index in [4.69, 9.17) is 5.73 Å². The van der Waals surface area contributed by atoms with Crippen molar-refractivity contribution in [2.75, 3.05) is 5.32 Å². The molecule has 1 amide bonds. The summed E-state index contributed by atoms with van der Waals surface area (Å²) >= 11 is 1.48. The summed E-state index contributed by atoms with van der Waals surface area (Å²) in [4.78, 5) is 20.8. The molecule has 0 aliphatic heterocycles. The number of hydrogen-bond acceptors (Lipinski definition) is 5. The zero-order valence-corrected chi connectivity index (χ0v) is 16.0. The molecule has 0 aliphatic rings. The van der Waals surface area contributed by atoms with E-state index >= 15 is 0 Å². The molecule has 0 fully saturated rings. The van der Waals surface area contributed by atoms with Crippen molar-refractivity contribution in [1.82, 2.24) is 9.97 Å². The van der Waals surface area contributed by atoms with E-state index in [2.05, 4.69) is 22.2 Å². The molecule has 2 rings (SSSR count). The minimum atomic E-state index is -0.504. The largest absolute Gasteiger partial charge is 0.320 e. The standard InChI is InChI=1S/C16H22N4OS.C2H6/c1-4-12-6-5-11(8-18-12)16-20-14(9-22-16)19-15(21)13(17)7-10(2)3;1-2/h5-6,8-10,13H,4,7,17H2,1-3H3,(H,19,21);1-2H3. The fraction of sp³-hybridized carbons (Fsp3) is 0.500. The summed E-state index contributed by atoms with van der Waals surface area (Å²) in [6, 6.07) is 3.49. The zero-order valence-electron chi connectivity index (χ0n) is 15.2. The van der Waals surface area contributed by atoms with Gasteiger partial charge in [0, 0.05) is 22.8 Å². The van der Waals surface area contributed by atoms with Gasteiger partial charge in [-0.05, 0) is 30.9 Å². The van der Waals surface area contributed by atoms with Gasteiger partial charge >= 0.3 is 0 Å². The van der Waals surface area contributed by atoms with Gasteiger partial charge in [-0.3, -0.25) is 9.78 Å². The monoisotopic (exact) mass is 348 g/mol. The van der Waals surface area contributed by atoms with Gasteiger partial charge in [0.05, 0.1) is 6.04 Å². The number of thiazole rings is 1. The smallest absolute Gasteiger partial charge is 0.242 e. The van der Waals surface area contributed by atoms with Crippen LogP contribution in [0.3, 0.4) is 0 Å². The van der Waals surface area contributed by atoms with Gasteiger partial charge in [0.1, 0.15) is 10.8 Å². The summed E-state index contributed by atoms with van der Waals surface area (Å²) in [7, 11) is 0. The van der Waals surface area contributed by atoms with Crippen LogP contribution in [-0.2, 0) is 11.2 Å². The predicted octanol–water partition coefficient (Wildman–Crippen LogP) is 4.11. The third-order valence-corrected chi connectivity index (χ3v) is 4.14. The first kappa shape index (κ1) is 20.3. The molecule has 6 heteroatoms. The molecular weight excluding hydrogens is 320 g/mol. The highest BCUT2D eigenvalue weighted by Crippen LogP contribution is 2.25. The van der Waals surface area contributed by atoms with Crippen LogP contribution in [0.2, 0.25) is 0 Å². The van der Waals surface area contributed by atoms with Crippen molar-refractivity contribution >= 4 is 23.1 Å². The Labute approximate surface area is 148 Å². The van der Waals surface area contributed by atoms with E-state index in [1.165, 1.54) is 11.3 Å². The van der Waals surface area contributed by atoms with Crippen molar-refractivity contribution in [2.45, 2.75) is 53.5 Å². The molecule has 0 aromatic carbocycles. The second-order valence-corrected chi connectivity index (χ2v) is 6.51. The molecule has 0 bridgehead atoms.